The van der Waals surface area contributed by atoms with E-state index in [1.807, 2.05) is 18.2 Å². The van der Waals surface area contributed by atoms with Gasteiger partial charge < -0.3 is 16.0 Å². The number of halogens is 3. The van der Waals surface area contributed by atoms with E-state index >= 15 is 0 Å². The molecule has 0 radical (unpaired) electrons. The molecule has 31 heavy (non-hydrogen) atoms. The van der Waals surface area contributed by atoms with Crippen molar-refractivity contribution in [3.63, 3.8) is 0 Å². The maximum absolute atomic E-state index is 13.0. The fourth-order valence-corrected chi connectivity index (χ4v) is 4.02. The normalized spacial score (nSPS) is 19.2. The number of fused-ring (bicyclic) bond motifs is 1. The third kappa shape index (κ3) is 4.60. The molecule has 0 spiro atoms. The van der Waals surface area contributed by atoms with E-state index in [1.165, 1.54) is 4.40 Å². The molecule has 164 valence electrons. The van der Waals surface area contributed by atoms with Crippen molar-refractivity contribution in [1.82, 2.24) is 14.7 Å². The first-order valence-electron chi connectivity index (χ1n) is 10.2. The number of anilines is 2. The van der Waals surface area contributed by atoms with Gasteiger partial charge in [-0.25, -0.2) is 4.98 Å². The molecular weight excluding hydrogens is 407 g/mol. The Kier molecular flexibility index (Phi) is 5.75. The fraction of sp³-hybridized carbons (Fsp3) is 0.364. The van der Waals surface area contributed by atoms with E-state index in [0.29, 0.717) is 11.4 Å². The first-order valence-corrected chi connectivity index (χ1v) is 10.2. The van der Waals surface area contributed by atoms with Gasteiger partial charge in [-0.05, 0) is 49.9 Å². The van der Waals surface area contributed by atoms with Crippen molar-refractivity contribution >= 4 is 23.1 Å². The summed E-state index contributed by atoms with van der Waals surface area (Å²) in [4.78, 5) is 16.3. The second-order valence-electron chi connectivity index (χ2n) is 7.73. The highest BCUT2D eigenvalue weighted by atomic mass is 19.4. The zero-order valence-corrected chi connectivity index (χ0v) is 17.0. The van der Waals surface area contributed by atoms with Gasteiger partial charge in [-0.3, -0.25) is 9.20 Å². The minimum absolute atomic E-state index is 0.0660. The smallest absolute Gasteiger partial charge is 0.387 e. The van der Waals surface area contributed by atoms with Gasteiger partial charge in [0.15, 0.2) is 5.69 Å². The zero-order chi connectivity index (χ0) is 22.0. The van der Waals surface area contributed by atoms with Crippen LogP contribution in [0.4, 0.5) is 24.7 Å². The van der Waals surface area contributed by atoms with Crippen LogP contribution in [0.5, 0.6) is 0 Å². The first kappa shape index (κ1) is 21.0. The summed E-state index contributed by atoms with van der Waals surface area (Å²) in [5.74, 6) is 0.472. The van der Waals surface area contributed by atoms with E-state index in [2.05, 4.69) is 20.9 Å². The van der Waals surface area contributed by atoms with Crippen LogP contribution in [0.25, 0.3) is 5.65 Å². The van der Waals surface area contributed by atoms with Crippen LogP contribution in [0.15, 0.2) is 48.7 Å². The second kappa shape index (κ2) is 8.49. The van der Waals surface area contributed by atoms with Gasteiger partial charge in [0.25, 0.3) is 5.91 Å². The number of imidazole rings is 1. The van der Waals surface area contributed by atoms with Crippen molar-refractivity contribution in [3.05, 3.63) is 59.9 Å². The summed E-state index contributed by atoms with van der Waals surface area (Å²) in [6.07, 6.45) is -0.280. The van der Waals surface area contributed by atoms with Crippen LogP contribution in [0, 0.1) is 0 Å². The summed E-state index contributed by atoms with van der Waals surface area (Å²) >= 11 is 0. The number of nitrogens with zero attached hydrogens (tertiary/aromatic N) is 2. The molecule has 0 bridgehead atoms. The van der Waals surface area contributed by atoms with E-state index < -0.39 is 11.9 Å². The largest absolute Gasteiger partial charge is 0.434 e. The lowest BCUT2D eigenvalue weighted by molar-refractivity contribution is -0.140. The number of aromatic nitrogens is 2. The summed E-state index contributed by atoms with van der Waals surface area (Å²) in [7, 11) is 1.78. The summed E-state index contributed by atoms with van der Waals surface area (Å²) in [6.45, 7) is 0. The van der Waals surface area contributed by atoms with E-state index in [-0.39, 0.29) is 23.6 Å². The third-order valence-electron chi connectivity index (χ3n) is 5.64. The number of nitrogens with one attached hydrogen (secondary N) is 3. The molecular formula is C22H24F3N5O. The second-order valence-corrected chi connectivity index (χ2v) is 7.73. The molecule has 0 unspecified atom stereocenters. The lowest BCUT2D eigenvalue weighted by atomic mass is 9.91. The molecule has 0 atom stereocenters. The number of para-hydroxylation sites is 1. The predicted octanol–water partition coefficient (Wildman–Crippen LogP) is 4.55. The Morgan fingerprint density at radius 3 is 2.45 bits per heavy atom. The molecule has 3 N–H and O–H groups in total. The van der Waals surface area contributed by atoms with Gasteiger partial charge in [0, 0.05) is 31.0 Å². The summed E-state index contributed by atoms with van der Waals surface area (Å²) in [6, 6.07) is 12.5. The third-order valence-corrected chi connectivity index (χ3v) is 5.64. The van der Waals surface area contributed by atoms with E-state index in [4.69, 9.17) is 0 Å². The van der Waals surface area contributed by atoms with Gasteiger partial charge in [0.1, 0.15) is 11.5 Å². The Morgan fingerprint density at radius 2 is 1.74 bits per heavy atom. The van der Waals surface area contributed by atoms with Crippen LogP contribution in [-0.4, -0.2) is 34.4 Å². The molecule has 3 aromatic rings. The van der Waals surface area contributed by atoms with Crippen LogP contribution in [0.3, 0.4) is 0 Å². The van der Waals surface area contributed by atoms with Gasteiger partial charge in [-0.1, -0.05) is 18.2 Å². The van der Waals surface area contributed by atoms with Crippen LogP contribution in [0.1, 0.15) is 41.7 Å². The van der Waals surface area contributed by atoms with Crippen molar-refractivity contribution < 1.29 is 18.0 Å². The standard InChI is InChI=1S/C22H24F3N5O/c1-26-17-6-3-2-5-16(17)21(31)28-15-11-9-14(10-12-15)27-19-7-4-8-20-29-18(13-30(19)20)22(23,24)25/h2-8,13-15,26-27H,9-12H2,1H3,(H,28,31)/t14-,15+. The number of benzene rings is 1. The highest BCUT2D eigenvalue weighted by molar-refractivity contribution is 5.99. The van der Waals surface area contributed by atoms with E-state index in [0.717, 1.165) is 37.6 Å². The molecule has 9 heteroatoms. The monoisotopic (exact) mass is 431 g/mol. The number of amides is 1. The van der Waals surface area contributed by atoms with Gasteiger partial charge >= 0.3 is 6.18 Å². The minimum atomic E-state index is -4.48. The van der Waals surface area contributed by atoms with Crippen LogP contribution >= 0.6 is 0 Å². The van der Waals surface area contributed by atoms with Crippen LogP contribution in [0.2, 0.25) is 0 Å². The molecule has 1 aliphatic rings. The van der Waals surface area contributed by atoms with Gasteiger partial charge in [0.2, 0.25) is 0 Å². The number of carbonyl (C=O) groups excluding carboxylic acids is 1. The average Bonchev–Trinajstić information content (AvgIpc) is 3.21. The maximum Gasteiger partial charge on any atom is 0.434 e. The lowest BCUT2D eigenvalue weighted by Gasteiger charge is -2.30. The number of hydrogen-bond acceptors (Lipinski definition) is 4. The summed E-state index contributed by atoms with van der Waals surface area (Å²) in [5.41, 5.74) is 0.732. The molecule has 0 aliphatic heterocycles. The Hall–Kier alpha value is -3.23. The zero-order valence-electron chi connectivity index (χ0n) is 17.0. The van der Waals surface area contributed by atoms with Crippen molar-refractivity contribution in [2.45, 2.75) is 43.9 Å². The van der Waals surface area contributed by atoms with Crippen LogP contribution in [-0.2, 0) is 6.18 Å². The Bertz CT molecular complexity index is 1070. The Labute approximate surface area is 177 Å². The number of rotatable bonds is 5. The minimum Gasteiger partial charge on any atom is -0.387 e. The van der Waals surface area contributed by atoms with Crippen molar-refractivity contribution in [3.8, 4) is 0 Å². The molecule has 2 aromatic heterocycles. The van der Waals surface area contributed by atoms with Gasteiger partial charge in [-0.2, -0.15) is 13.2 Å². The van der Waals surface area contributed by atoms with Crippen LogP contribution < -0.4 is 16.0 Å². The molecule has 6 nitrogen and oxygen atoms in total. The Morgan fingerprint density at radius 1 is 1.03 bits per heavy atom. The molecule has 1 saturated carbocycles. The lowest BCUT2D eigenvalue weighted by Crippen LogP contribution is -2.40. The number of pyridine rings is 1. The van der Waals surface area contributed by atoms with E-state index in [9.17, 15) is 18.0 Å². The Balaban J connectivity index is 1.37. The average molecular weight is 431 g/mol. The predicted molar refractivity (Wildman–Crippen MR) is 113 cm³/mol. The first-order chi connectivity index (χ1) is 14.8. The molecule has 2 heterocycles. The number of carbonyl (C=O) groups is 1. The van der Waals surface area contributed by atoms with E-state index in [1.54, 1.807) is 31.3 Å². The summed E-state index contributed by atoms with van der Waals surface area (Å²) < 4.78 is 40.4. The topological polar surface area (TPSA) is 70.5 Å². The fourth-order valence-electron chi connectivity index (χ4n) is 4.02. The summed E-state index contributed by atoms with van der Waals surface area (Å²) in [5, 5.41) is 9.47. The number of alkyl halides is 3. The van der Waals surface area contributed by atoms with Gasteiger partial charge in [-0.15, -0.1) is 0 Å². The van der Waals surface area contributed by atoms with Crippen molar-refractivity contribution in [2.75, 3.05) is 17.7 Å². The van der Waals surface area contributed by atoms with Crippen molar-refractivity contribution in [1.29, 1.82) is 0 Å². The molecule has 1 fully saturated rings. The molecule has 1 amide bonds. The molecule has 4 rings (SSSR count). The molecule has 1 aliphatic carbocycles. The maximum atomic E-state index is 13.0. The highest BCUT2D eigenvalue weighted by Crippen LogP contribution is 2.30. The quantitative estimate of drug-likeness (QED) is 0.555. The highest BCUT2D eigenvalue weighted by Gasteiger charge is 2.34. The van der Waals surface area contributed by atoms with Gasteiger partial charge in [0.05, 0.1) is 5.56 Å². The molecule has 1 aromatic carbocycles. The SMILES string of the molecule is CNc1ccccc1C(=O)N[C@H]1CC[C@@H](Nc2cccc3nc(C(F)(F)F)cn23)CC1. The molecule has 0 saturated heterocycles. The van der Waals surface area contributed by atoms with Crippen molar-refractivity contribution in [2.24, 2.45) is 0 Å². The number of hydrogen-bond donors (Lipinski definition) is 3.